The molecular formula is C13H23N3O3. The van der Waals surface area contributed by atoms with Crippen molar-refractivity contribution in [3.63, 3.8) is 0 Å². The second kappa shape index (κ2) is 5.88. The largest absolute Gasteiger partial charge is 0.378 e. The lowest BCUT2D eigenvalue weighted by atomic mass is 9.99. The molecule has 2 aliphatic rings. The zero-order valence-corrected chi connectivity index (χ0v) is 11.9. The number of likely N-dealkylation sites (N-methyl/N-ethyl adjacent to an activating group) is 1. The summed E-state index contributed by atoms with van der Waals surface area (Å²) in [6.07, 6.45) is 0.713. The Morgan fingerprint density at radius 2 is 2.11 bits per heavy atom. The molecule has 6 heteroatoms. The highest BCUT2D eigenvalue weighted by Gasteiger charge is 2.39. The fourth-order valence-electron chi connectivity index (χ4n) is 2.76. The third-order valence-corrected chi connectivity index (χ3v) is 3.95. The Kier molecular flexibility index (Phi) is 4.42. The number of hydrogen-bond acceptors (Lipinski definition) is 4. The number of nitrogens with one attached hydrogen (secondary N) is 1. The molecule has 2 fully saturated rings. The van der Waals surface area contributed by atoms with Gasteiger partial charge in [0.2, 0.25) is 11.8 Å². The lowest BCUT2D eigenvalue weighted by molar-refractivity contribution is -0.149. The van der Waals surface area contributed by atoms with Crippen LogP contribution in [-0.2, 0) is 14.3 Å². The number of amides is 2. The third-order valence-electron chi connectivity index (χ3n) is 3.95. The molecule has 108 valence electrons. The summed E-state index contributed by atoms with van der Waals surface area (Å²) in [4.78, 5) is 28.0. The molecule has 0 aliphatic carbocycles. The van der Waals surface area contributed by atoms with Crippen molar-refractivity contribution in [3.05, 3.63) is 0 Å². The highest BCUT2D eigenvalue weighted by Crippen LogP contribution is 2.24. The zero-order valence-electron chi connectivity index (χ0n) is 11.9. The summed E-state index contributed by atoms with van der Waals surface area (Å²) >= 11 is 0. The molecule has 0 aromatic rings. The molecule has 0 aromatic carbocycles. The normalized spacial score (nSPS) is 31.3. The van der Waals surface area contributed by atoms with E-state index in [4.69, 9.17) is 4.74 Å². The van der Waals surface area contributed by atoms with E-state index in [0.29, 0.717) is 19.7 Å². The van der Waals surface area contributed by atoms with Gasteiger partial charge in [0.15, 0.2) is 0 Å². The van der Waals surface area contributed by atoms with E-state index in [0.717, 1.165) is 13.0 Å². The van der Waals surface area contributed by atoms with Crippen molar-refractivity contribution < 1.29 is 14.3 Å². The molecule has 1 N–H and O–H groups in total. The predicted octanol–water partition coefficient (Wildman–Crippen LogP) is -0.700. The molecule has 0 aromatic heterocycles. The van der Waals surface area contributed by atoms with Crippen LogP contribution >= 0.6 is 0 Å². The summed E-state index contributed by atoms with van der Waals surface area (Å²) in [5.74, 6) is -0.0608. The lowest BCUT2D eigenvalue weighted by Crippen LogP contribution is -2.60. The molecule has 19 heavy (non-hydrogen) atoms. The Labute approximate surface area is 114 Å². The Morgan fingerprint density at radius 1 is 1.37 bits per heavy atom. The zero-order chi connectivity index (χ0) is 14.0. The van der Waals surface area contributed by atoms with Crippen molar-refractivity contribution in [2.45, 2.75) is 25.5 Å². The minimum atomic E-state index is -0.385. The first-order valence-electron chi connectivity index (χ1n) is 6.86. The Balaban J connectivity index is 2.10. The monoisotopic (exact) mass is 269 g/mol. The fourth-order valence-corrected chi connectivity index (χ4v) is 2.76. The summed E-state index contributed by atoms with van der Waals surface area (Å²) in [6.45, 7) is 4.43. The minimum Gasteiger partial charge on any atom is -0.378 e. The van der Waals surface area contributed by atoms with Crippen LogP contribution in [0.25, 0.3) is 0 Å². The van der Waals surface area contributed by atoms with Crippen molar-refractivity contribution in [2.24, 2.45) is 5.92 Å². The standard InChI is InChI=1S/C13H23N3O3/c1-9-10(4-7-19-9)12(17)16-6-5-14-8-11(16)13(18)15(2)3/h9-11,14H,4-8H2,1-3H3. The molecule has 2 saturated heterocycles. The smallest absolute Gasteiger partial charge is 0.246 e. The summed E-state index contributed by atoms with van der Waals surface area (Å²) < 4.78 is 5.46. The average molecular weight is 269 g/mol. The topological polar surface area (TPSA) is 61.9 Å². The Bertz CT molecular complexity index is 359. The van der Waals surface area contributed by atoms with Gasteiger partial charge in [-0.15, -0.1) is 0 Å². The quantitative estimate of drug-likeness (QED) is 0.720. The van der Waals surface area contributed by atoms with Crippen molar-refractivity contribution in [1.29, 1.82) is 0 Å². The predicted molar refractivity (Wildman–Crippen MR) is 70.6 cm³/mol. The van der Waals surface area contributed by atoms with Gasteiger partial charge in [0.1, 0.15) is 6.04 Å². The summed E-state index contributed by atoms with van der Waals surface area (Å²) in [6, 6.07) is -0.385. The van der Waals surface area contributed by atoms with E-state index >= 15 is 0 Å². The molecule has 2 aliphatic heterocycles. The molecule has 2 amide bonds. The van der Waals surface area contributed by atoms with Gasteiger partial charge in [0, 0.05) is 40.3 Å². The highest BCUT2D eigenvalue weighted by molar-refractivity contribution is 5.89. The fraction of sp³-hybridized carbons (Fsp3) is 0.846. The Hall–Kier alpha value is -1.14. The lowest BCUT2D eigenvalue weighted by Gasteiger charge is -2.38. The van der Waals surface area contributed by atoms with E-state index in [2.05, 4.69) is 5.32 Å². The number of rotatable bonds is 2. The van der Waals surface area contributed by atoms with Gasteiger partial charge in [-0.1, -0.05) is 0 Å². The molecule has 3 atom stereocenters. The average Bonchev–Trinajstić information content (AvgIpc) is 2.83. The molecule has 0 bridgehead atoms. The second-order valence-electron chi connectivity index (χ2n) is 5.46. The number of ether oxygens (including phenoxy) is 1. The van der Waals surface area contributed by atoms with Crippen LogP contribution in [0.5, 0.6) is 0 Å². The summed E-state index contributed by atoms with van der Waals surface area (Å²) in [5.41, 5.74) is 0. The number of carbonyl (C=O) groups excluding carboxylic acids is 2. The molecule has 2 rings (SSSR count). The Morgan fingerprint density at radius 3 is 2.68 bits per heavy atom. The van der Waals surface area contributed by atoms with Crippen molar-refractivity contribution >= 4 is 11.8 Å². The van der Waals surface area contributed by atoms with Gasteiger partial charge in [-0.05, 0) is 13.3 Å². The molecule has 6 nitrogen and oxygen atoms in total. The first-order chi connectivity index (χ1) is 9.02. The van der Waals surface area contributed by atoms with Gasteiger partial charge >= 0.3 is 0 Å². The van der Waals surface area contributed by atoms with E-state index in [1.54, 1.807) is 23.9 Å². The third kappa shape index (κ3) is 2.90. The van der Waals surface area contributed by atoms with Gasteiger partial charge in [0.25, 0.3) is 0 Å². The number of carbonyl (C=O) groups is 2. The van der Waals surface area contributed by atoms with Crippen LogP contribution in [0, 0.1) is 5.92 Å². The van der Waals surface area contributed by atoms with Crippen molar-refractivity contribution in [3.8, 4) is 0 Å². The first kappa shape index (κ1) is 14.3. The van der Waals surface area contributed by atoms with Crippen LogP contribution in [0.4, 0.5) is 0 Å². The molecule has 0 saturated carbocycles. The van der Waals surface area contributed by atoms with Gasteiger partial charge in [-0.2, -0.15) is 0 Å². The van der Waals surface area contributed by atoms with Gasteiger partial charge in [-0.25, -0.2) is 0 Å². The maximum absolute atomic E-state index is 12.6. The van der Waals surface area contributed by atoms with E-state index in [1.807, 2.05) is 6.92 Å². The molecule has 0 spiro atoms. The highest BCUT2D eigenvalue weighted by atomic mass is 16.5. The van der Waals surface area contributed by atoms with E-state index < -0.39 is 0 Å². The second-order valence-corrected chi connectivity index (χ2v) is 5.46. The van der Waals surface area contributed by atoms with Gasteiger partial charge < -0.3 is 19.9 Å². The molecule has 0 radical (unpaired) electrons. The van der Waals surface area contributed by atoms with E-state index in [1.165, 1.54) is 0 Å². The molecular weight excluding hydrogens is 246 g/mol. The van der Waals surface area contributed by atoms with Gasteiger partial charge in [-0.3, -0.25) is 9.59 Å². The van der Waals surface area contributed by atoms with Crippen molar-refractivity contribution in [2.75, 3.05) is 40.3 Å². The maximum atomic E-state index is 12.6. The van der Waals surface area contributed by atoms with E-state index in [-0.39, 0.29) is 29.9 Å². The van der Waals surface area contributed by atoms with Crippen molar-refractivity contribution in [1.82, 2.24) is 15.1 Å². The van der Waals surface area contributed by atoms with E-state index in [9.17, 15) is 9.59 Å². The number of piperazine rings is 1. The summed E-state index contributed by atoms with van der Waals surface area (Å²) in [5, 5.41) is 3.18. The van der Waals surface area contributed by atoms with Crippen LogP contribution in [0.1, 0.15) is 13.3 Å². The number of nitrogens with zero attached hydrogens (tertiary/aromatic N) is 2. The minimum absolute atomic E-state index is 0.0212. The van der Waals surface area contributed by atoms with Crippen LogP contribution < -0.4 is 5.32 Å². The molecule has 2 heterocycles. The molecule has 3 unspecified atom stereocenters. The maximum Gasteiger partial charge on any atom is 0.246 e. The SMILES string of the molecule is CC1OCCC1C(=O)N1CCNCC1C(=O)N(C)C. The summed E-state index contributed by atoms with van der Waals surface area (Å²) in [7, 11) is 3.45. The van der Waals surface area contributed by atoms with Crippen LogP contribution in [0.3, 0.4) is 0 Å². The van der Waals surface area contributed by atoms with Crippen LogP contribution in [-0.4, -0.2) is 74.1 Å². The van der Waals surface area contributed by atoms with Gasteiger partial charge in [0.05, 0.1) is 12.0 Å². The number of hydrogen-bond donors (Lipinski definition) is 1. The van der Waals surface area contributed by atoms with Crippen LogP contribution in [0.15, 0.2) is 0 Å². The first-order valence-corrected chi connectivity index (χ1v) is 6.86. The van der Waals surface area contributed by atoms with Crippen LogP contribution in [0.2, 0.25) is 0 Å².